The highest BCUT2D eigenvalue weighted by Gasteiger charge is 2.64. The molecule has 2 fully saturated rings. The topological polar surface area (TPSA) is 57.7 Å². The molecule has 0 aromatic heterocycles. The Morgan fingerprint density at radius 3 is 2.30 bits per heavy atom. The fourth-order valence-electron chi connectivity index (χ4n) is 6.28. The number of hydrogen-bond acceptors (Lipinski definition) is 4. The molecule has 7 rings (SSSR count). The van der Waals surface area contributed by atoms with Gasteiger partial charge in [0.25, 0.3) is 0 Å². The summed E-state index contributed by atoms with van der Waals surface area (Å²) in [5, 5.41) is 2.30. The summed E-state index contributed by atoms with van der Waals surface area (Å²) < 4.78 is 0. The molecule has 5 nitrogen and oxygen atoms in total. The van der Waals surface area contributed by atoms with Crippen LogP contribution in [-0.4, -0.2) is 28.5 Å². The van der Waals surface area contributed by atoms with Crippen LogP contribution in [0.1, 0.15) is 27.5 Å². The average Bonchev–Trinajstić information content (AvgIpc) is 3.40. The lowest BCUT2D eigenvalue weighted by Crippen LogP contribution is -2.44. The largest absolute Gasteiger partial charge is 0.358 e. The normalized spacial score (nSPS) is 23.8. The van der Waals surface area contributed by atoms with E-state index in [0.29, 0.717) is 16.3 Å². The molecule has 6 heteroatoms. The van der Waals surface area contributed by atoms with E-state index >= 15 is 0 Å². The van der Waals surface area contributed by atoms with Crippen LogP contribution in [0.3, 0.4) is 0 Å². The zero-order chi connectivity index (χ0) is 25.3. The number of carbonyl (C=O) groups excluding carboxylic acids is 3. The molecular weight excluding hydrogens is 484 g/mol. The molecule has 4 aromatic carbocycles. The highest BCUT2D eigenvalue weighted by Crippen LogP contribution is 2.54. The van der Waals surface area contributed by atoms with E-state index in [1.54, 1.807) is 24.3 Å². The van der Waals surface area contributed by atoms with Crippen LogP contribution in [0.4, 0.5) is 5.69 Å². The number of Topliss-reactive ketones (excluding diaryl/α,β-unsaturated/α-hetero) is 1. The van der Waals surface area contributed by atoms with Crippen LogP contribution >= 0.6 is 11.6 Å². The molecular formula is C31H21ClN2O3. The number of hydrogen-bond donors (Lipinski definition) is 0. The molecule has 4 atom stereocenters. The maximum atomic E-state index is 14.2. The number of fused-ring (bicyclic) bond motifs is 6. The Morgan fingerprint density at radius 1 is 0.757 bits per heavy atom. The Balaban J connectivity index is 1.40. The lowest BCUT2D eigenvalue weighted by Gasteiger charge is -2.35. The molecule has 0 aliphatic carbocycles. The van der Waals surface area contributed by atoms with E-state index in [-0.39, 0.29) is 17.6 Å². The number of halogens is 1. The van der Waals surface area contributed by atoms with Crippen molar-refractivity contribution in [2.45, 2.75) is 12.1 Å². The first-order chi connectivity index (χ1) is 18.0. The molecule has 0 N–H and O–H groups in total. The van der Waals surface area contributed by atoms with Gasteiger partial charge in [0.05, 0.1) is 23.6 Å². The lowest BCUT2D eigenvalue weighted by molar-refractivity contribution is -0.123. The Kier molecular flexibility index (Phi) is 4.85. The molecule has 3 heterocycles. The third-order valence-electron chi connectivity index (χ3n) is 7.87. The molecule has 180 valence electrons. The summed E-state index contributed by atoms with van der Waals surface area (Å²) in [6.07, 6.45) is 3.82. The second-order valence-corrected chi connectivity index (χ2v) is 10.2. The van der Waals surface area contributed by atoms with E-state index in [1.807, 2.05) is 83.9 Å². The van der Waals surface area contributed by atoms with Crippen molar-refractivity contribution in [3.63, 3.8) is 0 Å². The number of amides is 2. The summed E-state index contributed by atoms with van der Waals surface area (Å²) in [5.74, 6) is -2.29. The summed E-state index contributed by atoms with van der Waals surface area (Å²) in [4.78, 5) is 45.6. The van der Waals surface area contributed by atoms with Gasteiger partial charge in [0.1, 0.15) is 6.04 Å². The van der Waals surface area contributed by atoms with Crippen LogP contribution in [0.5, 0.6) is 0 Å². The third-order valence-corrected chi connectivity index (χ3v) is 8.12. The predicted octanol–water partition coefficient (Wildman–Crippen LogP) is 5.89. The van der Waals surface area contributed by atoms with Crippen LogP contribution in [0.15, 0.2) is 97.2 Å². The summed E-state index contributed by atoms with van der Waals surface area (Å²) in [5.41, 5.74) is 2.97. The summed E-state index contributed by atoms with van der Waals surface area (Å²) in [6, 6.07) is 26.7. The van der Waals surface area contributed by atoms with E-state index in [4.69, 9.17) is 11.6 Å². The number of anilines is 1. The van der Waals surface area contributed by atoms with Crippen molar-refractivity contribution >= 4 is 51.7 Å². The highest BCUT2D eigenvalue weighted by molar-refractivity contribution is 6.30. The molecule has 2 saturated heterocycles. The Labute approximate surface area is 218 Å². The van der Waals surface area contributed by atoms with Gasteiger partial charge in [0.15, 0.2) is 5.78 Å². The van der Waals surface area contributed by atoms with Gasteiger partial charge in [-0.25, -0.2) is 4.90 Å². The van der Waals surface area contributed by atoms with Gasteiger partial charge in [-0.05, 0) is 52.9 Å². The Morgan fingerprint density at radius 2 is 1.46 bits per heavy atom. The minimum Gasteiger partial charge on any atom is -0.358 e. The minimum absolute atomic E-state index is 0.195. The van der Waals surface area contributed by atoms with Gasteiger partial charge in [-0.15, -0.1) is 0 Å². The smallest absolute Gasteiger partial charge is 0.240 e. The van der Waals surface area contributed by atoms with Gasteiger partial charge in [-0.1, -0.05) is 72.3 Å². The first-order valence-corrected chi connectivity index (χ1v) is 12.6. The van der Waals surface area contributed by atoms with Crippen molar-refractivity contribution in [3.8, 4) is 0 Å². The standard InChI is InChI=1S/C31H21ClN2O3/c32-21-14-12-20(13-15-21)29(35)28-26-25(27-23-10-4-2-7-19(23)16-17-33(27)28)30(36)34(31(26)37)24-11-5-8-18-6-1-3-9-22(18)24/h1-17,25-28H/t25-,26+,27-,28-/m0/s1. The number of nitrogens with zero attached hydrogens (tertiary/aromatic N) is 2. The lowest BCUT2D eigenvalue weighted by atomic mass is 9.83. The SMILES string of the molecule is O=C(c1ccc(Cl)cc1)[C@@H]1[C@@H]2C(=O)N(c3cccc4ccccc34)C(=O)[C@@H]2[C@@H]2c3ccccc3C=CN12. The average molecular weight is 505 g/mol. The fraction of sp³-hybridized carbons (Fsp3) is 0.129. The monoisotopic (exact) mass is 504 g/mol. The van der Waals surface area contributed by atoms with Crippen LogP contribution in [0, 0.1) is 11.8 Å². The van der Waals surface area contributed by atoms with E-state index in [1.165, 1.54) is 4.90 Å². The predicted molar refractivity (Wildman–Crippen MR) is 143 cm³/mol. The first kappa shape index (κ1) is 22.0. The number of imide groups is 1. The van der Waals surface area contributed by atoms with Crippen LogP contribution in [-0.2, 0) is 9.59 Å². The number of benzene rings is 4. The van der Waals surface area contributed by atoms with Crippen molar-refractivity contribution in [2.75, 3.05) is 4.90 Å². The molecule has 3 aliphatic rings. The molecule has 0 bridgehead atoms. The summed E-state index contributed by atoms with van der Waals surface area (Å²) in [6.45, 7) is 0. The summed E-state index contributed by atoms with van der Waals surface area (Å²) in [7, 11) is 0. The number of carbonyl (C=O) groups is 3. The fourth-order valence-corrected chi connectivity index (χ4v) is 6.41. The molecule has 37 heavy (non-hydrogen) atoms. The van der Waals surface area contributed by atoms with Crippen LogP contribution in [0.25, 0.3) is 16.8 Å². The van der Waals surface area contributed by atoms with Crippen molar-refractivity contribution in [1.82, 2.24) is 4.90 Å². The number of rotatable bonds is 3. The molecule has 0 spiro atoms. The molecule has 4 aromatic rings. The van der Waals surface area contributed by atoms with Crippen molar-refractivity contribution in [2.24, 2.45) is 11.8 Å². The summed E-state index contributed by atoms with van der Waals surface area (Å²) >= 11 is 6.07. The van der Waals surface area contributed by atoms with Gasteiger partial charge in [-0.2, -0.15) is 0 Å². The van der Waals surface area contributed by atoms with Gasteiger partial charge in [-0.3, -0.25) is 14.4 Å². The van der Waals surface area contributed by atoms with Gasteiger partial charge in [0.2, 0.25) is 11.8 Å². The number of ketones is 1. The van der Waals surface area contributed by atoms with E-state index in [2.05, 4.69) is 0 Å². The first-order valence-electron chi connectivity index (χ1n) is 12.2. The molecule has 0 saturated carbocycles. The van der Waals surface area contributed by atoms with Crippen LogP contribution < -0.4 is 4.90 Å². The van der Waals surface area contributed by atoms with Gasteiger partial charge < -0.3 is 4.90 Å². The van der Waals surface area contributed by atoms with Crippen molar-refractivity contribution in [1.29, 1.82) is 0 Å². The molecule has 0 radical (unpaired) electrons. The van der Waals surface area contributed by atoms with E-state index in [9.17, 15) is 14.4 Å². The Bertz CT molecular complexity index is 1640. The zero-order valence-electron chi connectivity index (χ0n) is 19.6. The highest BCUT2D eigenvalue weighted by atomic mass is 35.5. The molecule has 2 amide bonds. The van der Waals surface area contributed by atoms with Gasteiger partial charge >= 0.3 is 0 Å². The Hall–Kier alpha value is -4.22. The van der Waals surface area contributed by atoms with E-state index < -0.39 is 23.9 Å². The van der Waals surface area contributed by atoms with Crippen LogP contribution in [0.2, 0.25) is 5.02 Å². The maximum Gasteiger partial charge on any atom is 0.240 e. The maximum absolute atomic E-state index is 14.2. The van der Waals surface area contributed by atoms with E-state index in [0.717, 1.165) is 21.9 Å². The van der Waals surface area contributed by atoms with Crippen molar-refractivity contribution in [3.05, 3.63) is 119 Å². The third kappa shape index (κ3) is 3.14. The molecule has 0 unspecified atom stereocenters. The zero-order valence-corrected chi connectivity index (χ0v) is 20.4. The van der Waals surface area contributed by atoms with Gasteiger partial charge in [0, 0.05) is 22.2 Å². The second-order valence-electron chi connectivity index (χ2n) is 9.71. The minimum atomic E-state index is -0.810. The van der Waals surface area contributed by atoms with Crippen molar-refractivity contribution < 1.29 is 14.4 Å². The quantitative estimate of drug-likeness (QED) is 0.258. The second kappa shape index (κ2) is 8.15. The molecule has 3 aliphatic heterocycles.